The molecule has 3 heterocycles. The monoisotopic (exact) mass is 354 g/mol. The summed E-state index contributed by atoms with van der Waals surface area (Å²) >= 11 is 0. The van der Waals surface area contributed by atoms with Gasteiger partial charge in [0.25, 0.3) is 0 Å². The Kier molecular flexibility index (Phi) is 4.19. The maximum atomic E-state index is 12.6. The summed E-state index contributed by atoms with van der Waals surface area (Å²) in [7, 11) is 0. The van der Waals surface area contributed by atoms with Crippen molar-refractivity contribution in [2.24, 2.45) is 0 Å². The molecule has 1 aromatic carbocycles. The van der Waals surface area contributed by atoms with Gasteiger partial charge in [0.05, 0.1) is 17.1 Å². The van der Waals surface area contributed by atoms with Crippen LogP contribution in [0.1, 0.15) is 24.4 Å². The molecule has 0 bridgehead atoms. The van der Waals surface area contributed by atoms with Crippen LogP contribution in [0, 0.1) is 6.92 Å². The highest BCUT2D eigenvalue weighted by molar-refractivity contribution is 5.77. The van der Waals surface area contributed by atoms with Gasteiger partial charge in [-0.05, 0) is 31.5 Å². The molecule has 9 heteroatoms. The molecule has 1 atom stereocenters. The van der Waals surface area contributed by atoms with E-state index in [-0.39, 0.29) is 12.1 Å². The van der Waals surface area contributed by atoms with E-state index in [4.69, 9.17) is 0 Å². The molecular weight excluding hydrogens is 332 g/mol. The van der Waals surface area contributed by atoms with Crippen molar-refractivity contribution in [3.05, 3.63) is 35.9 Å². The third kappa shape index (κ3) is 3.19. The lowest BCUT2D eigenvalue weighted by atomic mass is 10.2. The number of aromatic amines is 2. The standard InChI is InChI=1S/C17H22N8O/c1-11-3-4-13-14(9-11)22-15(21-13)12(2)20-17(26)25-7-5-24(6-8-25)16-18-10-19-23-16/h3-4,9-10,12H,5-8H2,1-2H3,(H,20,26)(H,21,22)(H,18,19,23)/t12-/m1/s1. The zero-order valence-corrected chi connectivity index (χ0v) is 14.9. The molecule has 2 aromatic heterocycles. The van der Waals surface area contributed by atoms with Crippen LogP contribution in [0.25, 0.3) is 11.0 Å². The van der Waals surface area contributed by atoms with Crippen LogP contribution in [0.15, 0.2) is 24.5 Å². The quantitative estimate of drug-likeness (QED) is 0.662. The van der Waals surface area contributed by atoms with Gasteiger partial charge in [0.2, 0.25) is 5.95 Å². The normalized spacial score (nSPS) is 16.1. The number of nitrogens with one attached hydrogen (secondary N) is 3. The molecule has 1 aliphatic heterocycles. The van der Waals surface area contributed by atoms with E-state index >= 15 is 0 Å². The molecule has 26 heavy (non-hydrogen) atoms. The number of imidazole rings is 1. The number of aromatic nitrogens is 5. The Balaban J connectivity index is 1.36. The van der Waals surface area contributed by atoms with Gasteiger partial charge in [-0.15, -0.1) is 0 Å². The van der Waals surface area contributed by atoms with Gasteiger partial charge in [-0.1, -0.05) is 6.07 Å². The second-order valence-corrected chi connectivity index (χ2v) is 6.60. The lowest BCUT2D eigenvalue weighted by molar-refractivity contribution is 0.190. The number of anilines is 1. The number of H-pyrrole nitrogens is 2. The summed E-state index contributed by atoms with van der Waals surface area (Å²) in [4.78, 5) is 28.5. The van der Waals surface area contributed by atoms with Crippen molar-refractivity contribution in [1.29, 1.82) is 0 Å². The number of carbonyl (C=O) groups excluding carboxylic acids is 1. The zero-order chi connectivity index (χ0) is 18.1. The summed E-state index contributed by atoms with van der Waals surface area (Å²) in [5.41, 5.74) is 3.07. The zero-order valence-electron chi connectivity index (χ0n) is 14.9. The average molecular weight is 354 g/mol. The summed E-state index contributed by atoms with van der Waals surface area (Å²) in [5, 5.41) is 9.75. The van der Waals surface area contributed by atoms with Crippen molar-refractivity contribution in [3.8, 4) is 0 Å². The molecule has 2 amide bonds. The van der Waals surface area contributed by atoms with E-state index in [2.05, 4.69) is 41.4 Å². The fourth-order valence-electron chi connectivity index (χ4n) is 3.17. The number of fused-ring (bicyclic) bond motifs is 1. The molecular formula is C17H22N8O. The molecule has 0 unspecified atom stereocenters. The Hall–Kier alpha value is -3.10. The third-order valence-electron chi connectivity index (χ3n) is 4.67. The molecule has 4 rings (SSSR count). The molecule has 0 saturated carbocycles. The topological polar surface area (TPSA) is 106 Å². The maximum Gasteiger partial charge on any atom is 0.318 e. The number of hydrogen-bond acceptors (Lipinski definition) is 5. The highest BCUT2D eigenvalue weighted by atomic mass is 16.2. The Morgan fingerprint density at radius 2 is 2.08 bits per heavy atom. The predicted octanol–water partition coefficient (Wildman–Crippen LogP) is 1.58. The number of nitrogens with zero attached hydrogens (tertiary/aromatic N) is 5. The van der Waals surface area contributed by atoms with Gasteiger partial charge in [0.1, 0.15) is 12.2 Å². The number of aryl methyl sites for hydroxylation is 1. The summed E-state index contributed by atoms with van der Waals surface area (Å²) < 4.78 is 0. The molecule has 9 nitrogen and oxygen atoms in total. The summed E-state index contributed by atoms with van der Waals surface area (Å²) in [5.74, 6) is 1.51. The lowest BCUT2D eigenvalue weighted by Gasteiger charge is -2.34. The number of carbonyl (C=O) groups is 1. The third-order valence-corrected chi connectivity index (χ3v) is 4.67. The van der Waals surface area contributed by atoms with E-state index in [0.717, 1.165) is 35.9 Å². The maximum absolute atomic E-state index is 12.6. The molecule has 0 radical (unpaired) electrons. The van der Waals surface area contributed by atoms with E-state index < -0.39 is 0 Å². The van der Waals surface area contributed by atoms with Crippen molar-refractivity contribution in [3.63, 3.8) is 0 Å². The van der Waals surface area contributed by atoms with E-state index in [1.807, 2.05) is 30.9 Å². The molecule has 1 fully saturated rings. The summed E-state index contributed by atoms with van der Waals surface area (Å²) in [6.45, 7) is 6.70. The van der Waals surface area contributed by atoms with Crippen molar-refractivity contribution in [1.82, 2.24) is 35.4 Å². The fourth-order valence-corrected chi connectivity index (χ4v) is 3.17. The molecule has 0 spiro atoms. The van der Waals surface area contributed by atoms with Crippen molar-refractivity contribution >= 4 is 23.0 Å². The molecule has 0 aliphatic carbocycles. The van der Waals surface area contributed by atoms with Crippen LogP contribution in [0.4, 0.5) is 10.7 Å². The first-order chi connectivity index (χ1) is 12.6. The molecule has 3 aromatic rings. The van der Waals surface area contributed by atoms with Gasteiger partial charge in [-0.2, -0.15) is 10.1 Å². The Morgan fingerprint density at radius 3 is 2.81 bits per heavy atom. The number of benzene rings is 1. The Morgan fingerprint density at radius 1 is 1.27 bits per heavy atom. The minimum absolute atomic E-state index is 0.0774. The Labute approximate surface area is 150 Å². The van der Waals surface area contributed by atoms with Gasteiger partial charge in [0.15, 0.2) is 0 Å². The minimum Gasteiger partial charge on any atom is -0.340 e. The summed E-state index contributed by atoms with van der Waals surface area (Å²) in [6.07, 6.45) is 1.49. The van der Waals surface area contributed by atoms with Crippen LogP contribution in [0.5, 0.6) is 0 Å². The smallest absolute Gasteiger partial charge is 0.318 e. The van der Waals surface area contributed by atoms with Gasteiger partial charge < -0.3 is 20.1 Å². The summed E-state index contributed by atoms with van der Waals surface area (Å²) in [6, 6.07) is 5.81. The van der Waals surface area contributed by atoms with Crippen LogP contribution in [-0.2, 0) is 0 Å². The minimum atomic E-state index is -0.192. The van der Waals surface area contributed by atoms with Gasteiger partial charge in [0, 0.05) is 26.2 Å². The van der Waals surface area contributed by atoms with E-state index in [0.29, 0.717) is 13.1 Å². The van der Waals surface area contributed by atoms with E-state index in [1.54, 1.807) is 0 Å². The van der Waals surface area contributed by atoms with Crippen molar-refractivity contribution in [2.45, 2.75) is 19.9 Å². The van der Waals surface area contributed by atoms with Crippen molar-refractivity contribution in [2.75, 3.05) is 31.1 Å². The predicted molar refractivity (Wildman–Crippen MR) is 97.9 cm³/mol. The first-order valence-corrected chi connectivity index (χ1v) is 8.72. The van der Waals surface area contributed by atoms with Crippen LogP contribution >= 0.6 is 0 Å². The van der Waals surface area contributed by atoms with Crippen molar-refractivity contribution < 1.29 is 4.79 Å². The van der Waals surface area contributed by atoms with Crippen LogP contribution in [0.2, 0.25) is 0 Å². The number of piperazine rings is 1. The molecule has 1 saturated heterocycles. The molecule has 3 N–H and O–H groups in total. The molecule has 1 aliphatic rings. The molecule has 136 valence electrons. The second-order valence-electron chi connectivity index (χ2n) is 6.60. The number of amides is 2. The van der Waals surface area contributed by atoms with E-state index in [9.17, 15) is 4.79 Å². The fraction of sp³-hybridized carbons (Fsp3) is 0.412. The van der Waals surface area contributed by atoms with E-state index in [1.165, 1.54) is 11.9 Å². The van der Waals surface area contributed by atoms with Gasteiger partial charge >= 0.3 is 6.03 Å². The number of rotatable bonds is 3. The highest BCUT2D eigenvalue weighted by Crippen LogP contribution is 2.18. The lowest BCUT2D eigenvalue weighted by Crippen LogP contribution is -2.52. The second kappa shape index (κ2) is 6.66. The first-order valence-electron chi connectivity index (χ1n) is 8.72. The number of hydrogen-bond donors (Lipinski definition) is 3. The van der Waals surface area contributed by atoms with Gasteiger partial charge in [-0.3, -0.25) is 0 Å². The Bertz CT molecular complexity index is 895. The first kappa shape index (κ1) is 16.4. The SMILES string of the molecule is Cc1ccc2nc([C@@H](C)NC(=O)N3CCN(c4ncn[nH]4)CC3)[nH]c2c1. The van der Waals surface area contributed by atoms with Crippen LogP contribution in [-0.4, -0.2) is 62.3 Å². The highest BCUT2D eigenvalue weighted by Gasteiger charge is 2.24. The van der Waals surface area contributed by atoms with Gasteiger partial charge in [-0.25, -0.2) is 14.9 Å². The number of urea groups is 1. The largest absolute Gasteiger partial charge is 0.340 e. The average Bonchev–Trinajstić information content (AvgIpc) is 3.31. The van der Waals surface area contributed by atoms with Crippen LogP contribution < -0.4 is 10.2 Å². The van der Waals surface area contributed by atoms with Crippen LogP contribution in [0.3, 0.4) is 0 Å².